The third kappa shape index (κ3) is 3.57. The highest BCUT2D eigenvalue weighted by Crippen LogP contribution is 2.33. The second-order valence-electron chi connectivity index (χ2n) is 3.87. The highest BCUT2D eigenvalue weighted by atomic mass is 16.3. The lowest BCUT2D eigenvalue weighted by molar-refractivity contribution is 0.0967. The van der Waals surface area contributed by atoms with Gasteiger partial charge in [0.05, 0.1) is 0 Å². The molecule has 1 N–H and O–H groups in total. The summed E-state index contributed by atoms with van der Waals surface area (Å²) in [5.41, 5.74) is 0.241. The second kappa shape index (κ2) is 6.47. The van der Waals surface area contributed by atoms with E-state index in [1.54, 1.807) is 0 Å². The molecule has 0 unspecified atom stereocenters. The van der Waals surface area contributed by atoms with Gasteiger partial charge in [0.25, 0.3) is 0 Å². The topological polar surface area (TPSA) is 20.2 Å². The predicted molar refractivity (Wildman–Crippen MR) is 54.2 cm³/mol. The molecule has 0 rings (SSSR count). The van der Waals surface area contributed by atoms with Crippen LogP contribution in [0.4, 0.5) is 0 Å². The average Bonchev–Trinajstić information content (AvgIpc) is 2.13. The molecule has 0 aromatic rings. The van der Waals surface area contributed by atoms with Gasteiger partial charge in [-0.25, -0.2) is 0 Å². The summed E-state index contributed by atoms with van der Waals surface area (Å²) in [5, 5.41) is 9.33. The fourth-order valence-corrected chi connectivity index (χ4v) is 1.83. The van der Waals surface area contributed by atoms with E-state index in [-0.39, 0.29) is 5.41 Å². The van der Waals surface area contributed by atoms with Crippen molar-refractivity contribution in [2.45, 2.75) is 59.3 Å². The summed E-state index contributed by atoms with van der Waals surface area (Å²) in [6.45, 7) is 6.98. The van der Waals surface area contributed by atoms with Crippen LogP contribution in [0.15, 0.2) is 0 Å². The van der Waals surface area contributed by atoms with E-state index in [2.05, 4.69) is 20.8 Å². The predicted octanol–water partition coefficient (Wildman–Crippen LogP) is 3.37. The molecule has 0 radical (unpaired) electrons. The molecule has 0 aliphatic heterocycles. The minimum atomic E-state index is 0.241. The summed E-state index contributed by atoms with van der Waals surface area (Å²) >= 11 is 0. The third-order valence-corrected chi connectivity index (χ3v) is 2.93. The van der Waals surface area contributed by atoms with Crippen LogP contribution in [0.2, 0.25) is 0 Å². The van der Waals surface area contributed by atoms with Crippen molar-refractivity contribution in [2.24, 2.45) is 5.41 Å². The Morgan fingerprint density at radius 3 is 2.00 bits per heavy atom. The number of hydrogen-bond donors (Lipinski definition) is 1. The first-order valence-electron chi connectivity index (χ1n) is 5.35. The second-order valence-corrected chi connectivity index (χ2v) is 3.87. The maximum atomic E-state index is 9.33. The molecule has 1 atom stereocenters. The van der Waals surface area contributed by atoms with Crippen LogP contribution in [0.3, 0.4) is 0 Å². The van der Waals surface area contributed by atoms with Crippen LogP contribution in [-0.2, 0) is 0 Å². The van der Waals surface area contributed by atoms with E-state index in [0.29, 0.717) is 6.61 Å². The van der Waals surface area contributed by atoms with Crippen molar-refractivity contribution >= 4 is 0 Å². The minimum Gasteiger partial charge on any atom is -0.396 e. The average molecular weight is 172 g/mol. The first-order valence-corrected chi connectivity index (χ1v) is 5.35. The number of rotatable bonds is 7. The number of unbranched alkanes of at least 4 members (excludes halogenated alkanes) is 1. The summed E-state index contributed by atoms with van der Waals surface area (Å²) < 4.78 is 0. The van der Waals surface area contributed by atoms with Gasteiger partial charge in [0.1, 0.15) is 0 Å². The van der Waals surface area contributed by atoms with Crippen molar-refractivity contribution in [3.05, 3.63) is 0 Å². The highest BCUT2D eigenvalue weighted by molar-refractivity contribution is 4.76. The molecular formula is C11H24O. The van der Waals surface area contributed by atoms with Gasteiger partial charge in [-0.1, -0.05) is 40.0 Å². The van der Waals surface area contributed by atoms with Crippen LogP contribution in [0.1, 0.15) is 59.3 Å². The van der Waals surface area contributed by atoms with Crippen LogP contribution in [-0.4, -0.2) is 11.7 Å². The van der Waals surface area contributed by atoms with Gasteiger partial charge >= 0.3 is 0 Å². The lowest BCUT2D eigenvalue weighted by Gasteiger charge is -2.30. The first kappa shape index (κ1) is 12.0. The maximum Gasteiger partial charge on any atom is 0.0487 e. The quantitative estimate of drug-likeness (QED) is 0.624. The molecule has 0 bridgehead atoms. The molecule has 0 aliphatic carbocycles. The first-order chi connectivity index (χ1) is 5.74. The summed E-state index contributed by atoms with van der Waals surface area (Å²) in [6, 6.07) is 0. The highest BCUT2D eigenvalue weighted by Gasteiger charge is 2.24. The molecule has 74 valence electrons. The Kier molecular flexibility index (Phi) is 6.45. The zero-order chi connectivity index (χ0) is 9.45. The van der Waals surface area contributed by atoms with Crippen LogP contribution in [0.25, 0.3) is 0 Å². The van der Waals surface area contributed by atoms with E-state index in [4.69, 9.17) is 0 Å². The molecule has 12 heavy (non-hydrogen) atoms. The molecule has 0 aromatic heterocycles. The summed E-state index contributed by atoms with van der Waals surface area (Å²) in [7, 11) is 0. The number of hydrogen-bond acceptors (Lipinski definition) is 1. The molecule has 1 heteroatoms. The molecule has 1 nitrogen and oxygen atoms in total. The summed E-state index contributed by atoms with van der Waals surface area (Å²) in [4.78, 5) is 0. The fourth-order valence-electron chi connectivity index (χ4n) is 1.83. The van der Waals surface area contributed by atoms with Gasteiger partial charge in [0, 0.05) is 6.61 Å². The van der Waals surface area contributed by atoms with Gasteiger partial charge in [0.2, 0.25) is 0 Å². The number of aliphatic hydroxyl groups is 1. The van der Waals surface area contributed by atoms with Crippen LogP contribution >= 0.6 is 0 Å². The van der Waals surface area contributed by atoms with Gasteiger partial charge in [-0.15, -0.1) is 0 Å². The minimum absolute atomic E-state index is 0.241. The Morgan fingerprint density at radius 2 is 1.67 bits per heavy atom. The lowest BCUT2D eigenvalue weighted by atomic mass is 9.77. The van der Waals surface area contributed by atoms with E-state index < -0.39 is 0 Å². The maximum absolute atomic E-state index is 9.33. The molecule has 0 spiro atoms. The Labute approximate surface area is 77.2 Å². The zero-order valence-corrected chi connectivity index (χ0v) is 8.90. The number of aliphatic hydroxyl groups excluding tert-OH is 1. The standard InChI is InChI=1S/C11H24O/c1-4-7-9-11(6-3,10-12)8-5-2/h12H,4-10H2,1-3H3/t11-/m1/s1. The SMILES string of the molecule is CCCC[C@](CC)(CO)CCC. The van der Waals surface area contributed by atoms with Gasteiger partial charge in [-0.3, -0.25) is 0 Å². The monoisotopic (exact) mass is 172 g/mol. The van der Waals surface area contributed by atoms with Crippen molar-refractivity contribution < 1.29 is 5.11 Å². The Balaban J connectivity index is 3.95. The van der Waals surface area contributed by atoms with E-state index in [1.807, 2.05) is 0 Å². The van der Waals surface area contributed by atoms with Crippen molar-refractivity contribution in [3.8, 4) is 0 Å². The summed E-state index contributed by atoms with van der Waals surface area (Å²) in [5.74, 6) is 0. The van der Waals surface area contributed by atoms with Crippen LogP contribution < -0.4 is 0 Å². The normalized spacial score (nSPS) is 16.0. The zero-order valence-electron chi connectivity index (χ0n) is 8.90. The summed E-state index contributed by atoms with van der Waals surface area (Å²) in [6.07, 6.45) is 7.19. The lowest BCUT2D eigenvalue weighted by Crippen LogP contribution is -2.24. The van der Waals surface area contributed by atoms with Crippen molar-refractivity contribution in [1.29, 1.82) is 0 Å². The Morgan fingerprint density at radius 1 is 1.00 bits per heavy atom. The fraction of sp³-hybridized carbons (Fsp3) is 1.00. The molecule has 0 heterocycles. The van der Waals surface area contributed by atoms with E-state index >= 15 is 0 Å². The van der Waals surface area contributed by atoms with Gasteiger partial charge in [0.15, 0.2) is 0 Å². The Hall–Kier alpha value is -0.0400. The van der Waals surface area contributed by atoms with Gasteiger partial charge in [-0.2, -0.15) is 0 Å². The molecule has 0 saturated carbocycles. The molecule has 0 saturated heterocycles. The Bertz CT molecular complexity index is 95.2. The van der Waals surface area contributed by atoms with E-state index in [0.717, 1.165) is 6.42 Å². The largest absolute Gasteiger partial charge is 0.396 e. The smallest absolute Gasteiger partial charge is 0.0487 e. The molecular weight excluding hydrogens is 148 g/mol. The van der Waals surface area contributed by atoms with Gasteiger partial charge < -0.3 is 5.11 Å². The van der Waals surface area contributed by atoms with E-state index in [9.17, 15) is 5.11 Å². The van der Waals surface area contributed by atoms with Crippen molar-refractivity contribution in [1.82, 2.24) is 0 Å². The third-order valence-electron chi connectivity index (χ3n) is 2.93. The van der Waals surface area contributed by atoms with Crippen LogP contribution in [0, 0.1) is 5.41 Å². The van der Waals surface area contributed by atoms with E-state index in [1.165, 1.54) is 32.1 Å². The molecule has 0 aliphatic rings. The molecule has 0 amide bonds. The van der Waals surface area contributed by atoms with Crippen molar-refractivity contribution in [2.75, 3.05) is 6.61 Å². The van der Waals surface area contributed by atoms with Crippen molar-refractivity contribution in [3.63, 3.8) is 0 Å². The molecule has 0 aromatic carbocycles. The molecule has 0 fully saturated rings. The van der Waals surface area contributed by atoms with Gasteiger partial charge in [-0.05, 0) is 24.7 Å². The van der Waals surface area contributed by atoms with Crippen LogP contribution in [0.5, 0.6) is 0 Å².